The minimum atomic E-state index is -3.88. The summed E-state index contributed by atoms with van der Waals surface area (Å²) >= 11 is 9.10. The number of benzene rings is 2. The van der Waals surface area contributed by atoms with E-state index in [2.05, 4.69) is 21.2 Å². The van der Waals surface area contributed by atoms with Crippen LogP contribution in [-0.2, 0) is 21.2 Å². The number of carbonyl (C=O) groups is 1. The van der Waals surface area contributed by atoms with Gasteiger partial charge in [0.25, 0.3) is 0 Å². The number of carbonyl (C=O) groups excluding carboxylic acids is 1. The van der Waals surface area contributed by atoms with Crippen LogP contribution in [0.2, 0.25) is 5.02 Å². The zero-order valence-electron chi connectivity index (χ0n) is 11.2. The maximum absolute atomic E-state index is 12.0. The van der Waals surface area contributed by atoms with Gasteiger partial charge in [-0.05, 0) is 45.8 Å². The lowest BCUT2D eigenvalue weighted by atomic mass is 10.1. The zero-order valence-corrected chi connectivity index (χ0v) is 14.4. The van der Waals surface area contributed by atoms with Gasteiger partial charge in [-0.3, -0.25) is 4.79 Å². The van der Waals surface area contributed by atoms with E-state index in [-0.39, 0.29) is 17.2 Å². The highest BCUT2D eigenvalue weighted by molar-refractivity contribution is 9.10. The Morgan fingerprint density at radius 2 is 1.91 bits per heavy atom. The summed E-state index contributed by atoms with van der Waals surface area (Å²) < 4.78 is 23.2. The number of hydrogen-bond acceptors (Lipinski definition) is 3. The van der Waals surface area contributed by atoms with Crippen molar-refractivity contribution >= 4 is 49.1 Å². The number of rotatable bonds is 4. The third kappa shape index (κ3) is 4.30. The van der Waals surface area contributed by atoms with E-state index < -0.39 is 10.0 Å². The molecule has 2 aromatic carbocycles. The second kappa shape index (κ2) is 6.78. The molecule has 8 heteroatoms. The number of nitrogens with one attached hydrogen (secondary N) is 1. The Balaban J connectivity index is 2.18. The number of halogens is 2. The minimum Gasteiger partial charge on any atom is -0.326 e. The lowest BCUT2D eigenvalue weighted by Crippen LogP contribution is -2.16. The average molecular weight is 404 g/mol. The first kappa shape index (κ1) is 17.0. The van der Waals surface area contributed by atoms with Crippen LogP contribution < -0.4 is 10.5 Å². The quantitative estimate of drug-likeness (QED) is 0.822. The molecule has 2 rings (SSSR count). The van der Waals surface area contributed by atoms with E-state index in [1.165, 1.54) is 12.1 Å². The van der Waals surface area contributed by atoms with Crippen LogP contribution in [0.5, 0.6) is 0 Å². The minimum absolute atomic E-state index is 0.0838. The molecule has 0 saturated carbocycles. The van der Waals surface area contributed by atoms with Gasteiger partial charge in [-0.2, -0.15) is 0 Å². The second-order valence-corrected chi connectivity index (χ2v) is 7.30. The predicted octanol–water partition coefficient (Wildman–Crippen LogP) is 2.93. The maximum atomic E-state index is 12.0. The van der Waals surface area contributed by atoms with Crippen molar-refractivity contribution in [3.05, 3.63) is 57.5 Å². The van der Waals surface area contributed by atoms with Gasteiger partial charge in [0.05, 0.1) is 11.3 Å². The van der Waals surface area contributed by atoms with Gasteiger partial charge in [0.1, 0.15) is 0 Å². The van der Waals surface area contributed by atoms with Crippen LogP contribution in [0, 0.1) is 0 Å². The normalized spacial score (nSPS) is 11.2. The Labute approximate surface area is 141 Å². The highest BCUT2D eigenvalue weighted by Crippen LogP contribution is 2.24. The lowest BCUT2D eigenvalue weighted by Gasteiger charge is -2.09. The summed E-state index contributed by atoms with van der Waals surface area (Å²) in [5, 5.41) is 8.23. The van der Waals surface area contributed by atoms with E-state index >= 15 is 0 Å². The highest BCUT2D eigenvalue weighted by Gasteiger charge is 2.14. The van der Waals surface area contributed by atoms with Gasteiger partial charge in [-0.1, -0.05) is 29.8 Å². The Morgan fingerprint density at radius 3 is 2.55 bits per heavy atom. The molecule has 3 N–H and O–H groups in total. The maximum Gasteiger partial charge on any atom is 0.239 e. The van der Waals surface area contributed by atoms with Crippen LogP contribution in [0.4, 0.5) is 5.69 Å². The van der Waals surface area contributed by atoms with Gasteiger partial charge in [0.15, 0.2) is 0 Å². The topological polar surface area (TPSA) is 89.3 Å². The third-order valence-corrected chi connectivity index (χ3v) is 5.10. The molecule has 22 heavy (non-hydrogen) atoms. The molecular formula is C14H12BrClN2O3S. The summed E-state index contributed by atoms with van der Waals surface area (Å²) in [6, 6.07) is 11.4. The standard InChI is InChI=1S/C14H12BrClN2O3S/c15-11-6-5-10(8-13(11)22(17,20)21)18-14(19)7-9-3-1-2-4-12(9)16/h1-6,8H,7H2,(H,18,19)(H2,17,20,21). The molecule has 0 spiro atoms. The molecule has 0 aliphatic heterocycles. The molecule has 0 atom stereocenters. The van der Waals surface area contributed by atoms with Gasteiger partial charge in [-0.15, -0.1) is 0 Å². The van der Waals surface area contributed by atoms with Crippen molar-refractivity contribution in [2.24, 2.45) is 5.14 Å². The number of primary sulfonamides is 1. The highest BCUT2D eigenvalue weighted by atomic mass is 79.9. The Hall–Kier alpha value is -1.41. The fraction of sp³-hybridized carbons (Fsp3) is 0.0714. The van der Waals surface area contributed by atoms with Crippen LogP contribution in [-0.4, -0.2) is 14.3 Å². The van der Waals surface area contributed by atoms with Gasteiger partial charge < -0.3 is 5.32 Å². The Bertz CT molecular complexity index is 825. The summed E-state index contributed by atoms with van der Waals surface area (Å²) in [6.07, 6.45) is 0.0838. The van der Waals surface area contributed by atoms with Crippen LogP contribution in [0.25, 0.3) is 0 Å². The Kier molecular flexibility index (Phi) is 5.23. The molecule has 5 nitrogen and oxygen atoms in total. The summed E-state index contributed by atoms with van der Waals surface area (Å²) in [4.78, 5) is 11.9. The van der Waals surface area contributed by atoms with Crippen molar-refractivity contribution in [2.45, 2.75) is 11.3 Å². The van der Waals surface area contributed by atoms with Crippen LogP contribution in [0.15, 0.2) is 51.8 Å². The average Bonchev–Trinajstić information content (AvgIpc) is 2.42. The SMILES string of the molecule is NS(=O)(=O)c1cc(NC(=O)Cc2ccccc2Cl)ccc1Br. The van der Waals surface area contributed by atoms with Crippen molar-refractivity contribution < 1.29 is 13.2 Å². The van der Waals surface area contributed by atoms with Crippen molar-refractivity contribution in [3.63, 3.8) is 0 Å². The molecule has 0 radical (unpaired) electrons. The summed E-state index contributed by atoms with van der Waals surface area (Å²) in [5.74, 6) is -0.309. The fourth-order valence-corrected chi connectivity index (χ4v) is 3.58. The molecule has 116 valence electrons. The number of amides is 1. The predicted molar refractivity (Wildman–Crippen MR) is 89.3 cm³/mol. The van der Waals surface area contributed by atoms with Crippen LogP contribution >= 0.6 is 27.5 Å². The van der Waals surface area contributed by atoms with E-state index in [1.807, 2.05) is 0 Å². The van der Waals surface area contributed by atoms with E-state index in [4.69, 9.17) is 16.7 Å². The summed E-state index contributed by atoms with van der Waals surface area (Å²) in [5.41, 5.74) is 1.02. The molecule has 0 aromatic heterocycles. The number of sulfonamides is 1. The molecular weight excluding hydrogens is 392 g/mol. The van der Waals surface area contributed by atoms with Gasteiger partial charge in [0, 0.05) is 15.2 Å². The van der Waals surface area contributed by atoms with E-state index in [1.54, 1.807) is 30.3 Å². The molecule has 2 aromatic rings. The largest absolute Gasteiger partial charge is 0.326 e. The smallest absolute Gasteiger partial charge is 0.239 e. The van der Waals surface area contributed by atoms with E-state index in [0.717, 1.165) is 0 Å². The van der Waals surface area contributed by atoms with Crippen molar-refractivity contribution in [1.29, 1.82) is 0 Å². The third-order valence-electron chi connectivity index (χ3n) is 2.83. The summed E-state index contributed by atoms with van der Waals surface area (Å²) in [7, 11) is -3.88. The van der Waals surface area contributed by atoms with Crippen LogP contribution in [0.1, 0.15) is 5.56 Å². The van der Waals surface area contributed by atoms with Crippen LogP contribution in [0.3, 0.4) is 0 Å². The van der Waals surface area contributed by atoms with Crippen molar-refractivity contribution in [1.82, 2.24) is 0 Å². The number of anilines is 1. The van der Waals surface area contributed by atoms with Gasteiger partial charge in [-0.25, -0.2) is 13.6 Å². The molecule has 0 heterocycles. The molecule has 0 aliphatic rings. The monoisotopic (exact) mass is 402 g/mol. The first-order valence-corrected chi connectivity index (χ1v) is 8.85. The molecule has 0 aliphatic carbocycles. The molecule has 0 fully saturated rings. The number of hydrogen-bond donors (Lipinski definition) is 2. The Morgan fingerprint density at radius 1 is 1.23 bits per heavy atom. The zero-order chi connectivity index (χ0) is 16.3. The van der Waals surface area contributed by atoms with Gasteiger partial charge in [0.2, 0.25) is 15.9 Å². The number of nitrogens with two attached hydrogens (primary N) is 1. The first-order chi connectivity index (χ1) is 10.3. The molecule has 0 bridgehead atoms. The van der Waals surface area contributed by atoms with Gasteiger partial charge >= 0.3 is 0 Å². The van der Waals surface area contributed by atoms with E-state index in [9.17, 15) is 13.2 Å². The molecule has 0 saturated heterocycles. The van der Waals surface area contributed by atoms with Crippen molar-refractivity contribution in [2.75, 3.05) is 5.32 Å². The lowest BCUT2D eigenvalue weighted by molar-refractivity contribution is -0.115. The fourth-order valence-electron chi connectivity index (χ4n) is 1.82. The van der Waals surface area contributed by atoms with E-state index in [0.29, 0.717) is 20.7 Å². The first-order valence-electron chi connectivity index (χ1n) is 6.13. The van der Waals surface area contributed by atoms with Crippen molar-refractivity contribution in [3.8, 4) is 0 Å². The summed E-state index contributed by atoms with van der Waals surface area (Å²) in [6.45, 7) is 0. The molecule has 1 amide bonds. The second-order valence-electron chi connectivity index (χ2n) is 4.51. The molecule has 0 unspecified atom stereocenters.